The molecule has 3 aromatic rings. The Morgan fingerprint density at radius 3 is 2.67 bits per heavy atom. The summed E-state index contributed by atoms with van der Waals surface area (Å²) in [5, 5.41) is 5.85. The fourth-order valence-corrected chi connectivity index (χ4v) is 5.65. The molecule has 10 nitrogen and oxygen atoms in total. The fourth-order valence-electron chi connectivity index (χ4n) is 4.78. The van der Waals surface area contributed by atoms with E-state index in [1.807, 2.05) is 9.95 Å². The van der Waals surface area contributed by atoms with E-state index in [1.54, 1.807) is 6.33 Å². The Hall–Kier alpha value is -2.34. The van der Waals surface area contributed by atoms with Gasteiger partial charge in [-0.05, 0) is 50.1 Å². The van der Waals surface area contributed by atoms with Gasteiger partial charge in [0.15, 0.2) is 16.6 Å². The zero-order valence-corrected chi connectivity index (χ0v) is 19.9. The second-order valence-corrected chi connectivity index (χ2v) is 10.2. The van der Waals surface area contributed by atoms with Gasteiger partial charge in [0.1, 0.15) is 5.52 Å². The number of nitrogens with zero attached hydrogens (tertiary/aromatic N) is 6. The summed E-state index contributed by atoms with van der Waals surface area (Å²) in [6.45, 7) is 2.81. The van der Waals surface area contributed by atoms with Crippen LogP contribution in [0.3, 0.4) is 0 Å². The lowest BCUT2D eigenvalue weighted by Gasteiger charge is -2.29. The van der Waals surface area contributed by atoms with Gasteiger partial charge in [-0.1, -0.05) is 0 Å². The standard InChI is InChI=1S/C21H28ClN9OS/c22-20-27-17(24)16-18(28-20)31(11-25-16)15-3-1-12(2-4-15)19(32)29-21-26-14(10-33-21)9-30-7-5-13(23)6-8-30/h10-13,15H,1-9,23H2,(H2,24,27,28)(H,26,29,32)/t12-,15+. The topological polar surface area (TPSA) is 141 Å². The van der Waals surface area contributed by atoms with Crippen LogP contribution < -0.4 is 16.8 Å². The van der Waals surface area contributed by atoms with Crippen LogP contribution in [0.25, 0.3) is 11.2 Å². The molecule has 1 aliphatic heterocycles. The second kappa shape index (κ2) is 9.49. The highest BCUT2D eigenvalue weighted by Crippen LogP contribution is 2.35. The largest absolute Gasteiger partial charge is 0.382 e. The Bertz CT molecular complexity index is 1130. The number of likely N-dealkylation sites (tertiary alicyclic amines) is 1. The van der Waals surface area contributed by atoms with Crippen molar-refractivity contribution in [3.8, 4) is 0 Å². The molecule has 1 amide bonds. The monoisotopic (exact) mass is 489 g/mol. The predicted molar refractivity (Wildman–Crippen MR) is 129 cm³/mol. The molecule has 0 bridgehead atoms. The normalized spacial score (nSPS) is 22.6. The zero-order chi connectivity index (χ0) is 22.9. The number of piperidine rings is 1. The molecule has 0 aromatic carbocycles. The summed E-state index contributed by atoms with van der Waals surface area (Å²) in [5.74, 6) is 0.294. The number of hydrogen-bond donors (Lipinski definition) is 3. The van der Waals surface area contributed by atoms with Crippen LogP contribution in [0.5, 0.6) is 0 Å². The van der Waals surface area contributed by atoms with E-state index in [0.29, 0.717) is 22.3 Å². The molecule has 0 atom stereocenters. The number of amides is 1. The number of thiazole rings is 1. The molecule has 1 saturated heterocycles. The molecule has 1 saturated carbocycles. The van der Waals surface area contributed by atoms with Gasteiger partial charge in [0.2, 0.25) is 11.2 Å². The van der Waals surface area contributed by atoms with Crippen molar-refractivity contribution in [1.29, 1.82) is 0 Å². The number of nitrogens with one attached hydrogen (secondary N) is 1. The molecule has 4 heterocycles. The molecule has 12 heteroatoms. The third-order valence-electron chi connectivity index (χ3n) is 6.68. The van der Waals surface area contributed by atoms with Crippen LogP contribution in [0.1, 0.15) is 50.3 Å². The van der Waals surface area contributed by atoms with E-state index in [-0.39, 0.29) is 29.0 Å². The van der Waals surface area contributed by atoms with Crippen molar-refractivity contribution in [3.05, 3.63) is 22.7 Å². The number of rotatable bonds is 5. The van der Waals surface area contributed by atoms with Crippen LogP contribution >= 0.6 is 22.9 Å². The molecule has 176 valence electrons. The first-order chi connectivity index (χ1) is 16.0. The molecule has 0 radical (unpaired) electrons. The van der Waals surface area contributed by atoms with E-state index in [2.05, 4.69) is 30.2 Å². The Balaban J connectivity index is 1.15. The number of nitrogen functional groups attached to an aromatic ring is 1. The van der Waals surface area contributed by atoms with E-state index < -0.39 is 0 Å². The molecule has 33 heavy (non-hydrogen) atoms. The van der Waals surface area contributed by atoms with Crippen LogP contribution in [0.15, 0.2) is 11.7 Å². The summed E-state index contributed by atoms with van der Waals surface area (Å²) in [6.07, 6.45) is 7.07. The minimum Gasteiger partial charge on any atom is -0.382 e. The number of halogens is 1. The van der Waals surface area contributed by atoms with Crippen LogP contribution in [-0.4, -0.2) is 54.4 Å². The van der Waals surface area contributed by atoms with Gasteiger partial charge < -0.3 is 21.4 Å². The lowest BCUT2D eigenvalue weighted by molar-refractivity contribution is -0.120. The number of hydrogen-bond acceptors (Lipinski definition) is 9. The van der Waals surface area contributed by atoms with Gasteiger partial charge in [0.25, 0.3) is 0 Å². The molecule has 2 aliphatic rings. The van der Waals surface area contributed by atoms with Gasteiger partial charge in [-0.3, -0.25) is 9.69 Å². The van der Waals surface area contributed by atoms with Crippen molar-refractivity contribution < 1.29 is 4.79 Å². The maximum absolute atomic E-state index is 12.9. The van der Waals surface area contributed by atoms with Gasteiger partial charge in [0.05, 0.1) is 12.0 Å². The molecule has 2 fully saturated rings. The smallest absolute Gasteiger partial charge is 0.229 e. The van der Waals surface area contributed by atoms with E-state index in [0.717, 1.165) is 63.9 Å². The number of anilines is 2. The van der Waals surface area contributed by atoms with Crippen LogP contribution in [0.4, 0.5) is 10.9 Å². The number of imidazole rings is 1. The van der Waals surface area contributed by atoms with E-state index in [1.165, 1.54) is 11.3 Å². The maximum atomic E-state index is 12.9. The average molecular weight is 490 g/mol. The zero-order valence-electron chi connectivity index (χ0n) is 18.3. The molecule has 5 N–H and O–H groups in total. The van der Waals surface area contributed by atoms with E-state index in [4.69, 9.17) is 23.1 Å². The van der Waals surface area contributed by atoms with E-state index in [9.17, 15) is 4.79 Å². The summed E-state index contributed by atoms with van der Waals surface area (Å²) >= 11 is 7.47. The van der Waals surface area contributed by atoms with Gasteiger partial charge in [0, 0.05) is 43.0 Å². The number of fused-ring (bicyclic) bond motifs is 1. The highest BCUT2D eigenvalue weighted by Gasteiger charge is 2.29. The fraction of sp³-hybridized carbons (Fsp3) is 0.571. The van der Waals surface area contributed by atoms with Crippen molar-refractivity contribution in [1.82, 2.24) is 29.4 Å². The second-order valence-electron chi connectivity index (χ2n) is 8.95. The quantitative estimate of drug-likeness (QED) is 0.464. The summed E-state index contributed by atoms with van der Waals surface area (Å²) < 4.78 is 2.01. The van der Waals surface area contributed by atoms with Gasteiger partial charge in [-0.25, -0.2) is 9.97 Å². The average Bonchev–Trinajstić information content (AvgIpc) is 3.42. The lowest BCUT2D eigenvalue weighted by Crippen LogP contribution is -2.39. The SMILES string of the molecule is Nc1nc(Cl)nc2c1ncn2[C@H]1CC[C@@H](C(=O)Nc2nc(CN3CCC(N)CC3)cs2)CC1. The molecule has 3 aromatic heterocycles. The number of nitrogens with two attached hydrogens (primary N) is 2. The third-order valence-corrected chi connectivity index (χ3v) is 7.66. The lowest BCUT2D eigenvalue weighted by atomic mass is 9.85. The number of carbonyl (C=O) groups is 1. The predicted octanol–water partition coefficient (Wildman–Crippen LogP) is 2.81. The van der Waals surface area contributed by atoms with Crippen LogP contribution in [0.2, 0.25) is 5.28 Å². The Labute approximate surface area is 200 Å². The van der Waals surface area contributed by atoms with Crippen molar-refractivity contribution in [2.45, 2.75) is 57.2 Å². The van der Waals surface area contributed by atoms with Gasteiger partial charge >= 0.3 is 0 Å². The minimum absolute atomic E-state index is 0.0322. The Morgan fingerprint density at radius 2 is 1.91 bits per heavy atom. The van der Waals surface area contributed by atoms with Crippen LogP contribution in [-0.2, 0) is 11.3 Å². The van der Waals surface area contributed by atoms with Gasteiger partial charge in [-0.15, -0.1) is 11.3 Å². The minimum atomic E-state index is -0.0322. The molecular weight excluding hydrogens is 462 g/mol. The molecular formula is C21H28ClN9OS. The molecule has 0 unspecified atom stereocenters. The van der Waals surface area contributed by atoms with Crippen LogP contribution in [0, 0.1) is 5.92 Å². The first-order valence-electron chi connectivity index (χ1n) is 11.3. The molecule has 1 aliphatic carbocycles. The third kappa shape index (κ3) is 4.96. The number of carbonyl (C=O) groups excluding carboxylic acids is 1. The molecule has 5 rings (SSSR count). The Kier molecular flexibility index (Phi) is 6.46. The summed E-state index contributed by atoms with van der Waals surface area (Å²) in [7, 11) is 0. The van der Waals surface area contributed by atoms with Crippen molar-refractivity contribution in [2.75, 3.05) is 24.1 Å². The first kappa shape index (κ1) is 22.5. The highest BCUT2D eigenvalue weighted by atomic mass is 35.5. The van der Waals surface area contributed by atoms with Gasteiger partial charge in [-0.2, -0.15) is 9.97 Å². The summed E-state index contributed by atoms with van der Waals surface area (Å²) in [4.78, 5) is 32.5. The van der Waals surface area contributed by atoms with Crippen molar-refractivity contribution in [3.63, 3.8) is 0 Å². The van der Waals surface area contributed by atoms with Crippen molar-refractivity contribution in [2.24, 2.45) is 11.7 Å². The maximum Gasteiger partial charge on any atom is 0.229 e. The number of aromatic nitrogens is 5. The molecule has 0 spiro atoms. The Morgan fingerprint density at radius 1 is 1.15 bits per heavy atom. The summed E-state index contributed by atoms with van der Waals surface area (Å²) in [6, 6.07) is 0.520. The highest BCUT2D eigenvalue weighted by molar-refractivity contribution is 7.13. The first-order valence-corrected chi connectivity index (χ1v) is 12.6. The van der Waals surface area contributed by atoms with E-state index >= 15 is 0 Å². The van der Waals surface area contributed by atoms with Crippen molar-refractivity contribution >= 4 is 51.0 Å². The summed E-state index contributed by atoms with van der Waals surface area (Å²) in [5.41, 5.74) is 14.1.